The average Bonchev–Trinajstić information content (AvgIpc) is 2.93. The van der Waals surface area contributed by atoms with E-state index in [0.717, 1.165) is 17.8 Å². The Morgan fingerprint density at radius 3 is 2.90 bits per heavy atom. The van der Waals surface area contributed by atoms with Gasteiger partial charge < -0.3 is 20.4 Å². The summed E-state index contributed by atoms with van der Waals surface area (Å²) in [6.45, 7) is 2.09. The number of H-pyrrole nitrogens is 1. The number of ether oxygens (including phenoxy) is 1. The molecule has 1 atom stereocenters. The number of aromatic nitrogens is 3. The molecule has 152 valence electrons. The zero-order valence-electron chi connectivity index (χ0n) is 16.5. The Morgan fingerprint density at radius 1 is 1.21 bits per heavy atom. The first-order valence-corrected chi connectivity index (χ1v) is 10.5. The Labute approximate surface area is 169 Å². The van der Waals surface area contributed by atoms with E-state index in [9.17, 15) is 4.79 Å². The Bertz CT molecular complexity index is 1080. The van der Waals surface area contributed by atoms with Crippen molar-refractivity contribution in [3.05, 3.63) is 52.1 Å². The van der Waals surface area contributed by atoms with Crippen molar-refractivity contribution in [1.29, 1.82) is 0 Å². The number of hydrogen-bond donors (Lipinski definition) is 3. The summed E-state index contributed by atoms with van der Waals surface area (Å²) in [5.74, 6) is 1.33. The molecule has 0 amide bonds. The number of nitrogens with zero attached hydrogens (tertiary/aromatic N) is 2. The molecule has 5 rings (SSSR count). The van der Waals surface area contributed by atoms with Gasteiger partial charge in [-0.1, -0.05) is 37.5 Å². The predicted octanol–water partition coefficient (Wildman–Crippen LogP) is 2.96. The number of aromatic amines is 1. The third-order valence-electron chi connectivity index (χ3n) is 6.25. The number of fused-ring (bicyclic) bond motifs is 2. The van der Waals surface area contributed by atoms with Gasteiger partial charge in [0.15, 0.2) is 0 Å². The fourth-order valence-electron chi connectivity index (χ4n) is 4.88. The molecule has 4 N–H and O–H groups in total. The number of nitrogen functional groups attached to an aromatic ring is 1. The lowest BCUT2D eigenvalue weighted by atomic mass is 9.89. The van der Waals surface area contributed by atoms with E-state index in [1.165, 1.54) is 43.0 Å². The highest BCUT2D eigenvalue weighted by molar-refractivity contribution is 5.82. The predicted molar refractivity (Wildman–Crippen MR) is 113 cm³/mol. The molecule has 2 aliphatic rings. The second-order valence-electron chi connectivity index (χ2n) is 8.15. The number of para-hydroxylation sites is 1. The largest absolute Gasteiger partial charge is 0.476 e. The molecule has 0 radical (unpaired) electrons. The maximum Gasteiger partial charge on any atom is 0.349 e. The molecular weight excluding hydrogens is 366 g/mol. The van der Waals surface area contributed by atoms with Gasteiger partial charge in [0.1, 0.15) is 12.4 Å². The number of anilines is 1. The molecular formula is C22H27N5O2. The van der Waals surface area contributed by atoms with Crippen LogP contribution in [0.15, 0.2) is 35.1 Å². The highest BCUT2D eigenvalue weighted by Crippen LogP contribution is 2.37. The van der Waals surface area contributed by atoms with Gasteiger partial charge in [0, 0.05) is 24.3 Å². The van der Waals surface area contributed by atoms with E-state index in [0.29, 0.717) is 30.8 Å². The van der Waals surface area contributed by atoms with Crippen LogP contribution < -0.4 is 21.5 Å². The monoisotopic (exact) mass is 393 g/mol. The highest BCUT2D eigenvalue weighted by atomic mass is 16.5. The van der Waals surface area contributed by atoms with Crippen LogP contribution in [0, 0.1) is 5.92 Å². The summed E-state index contributed by atoms with van der Waals surface area (Å²) < 4.78 is 8.18. The van der Waals surface area contributed by atoms with E-state index in [1.54, 1.807) is 0 Å². The van der Waals surface area contributed by atoms with Gasteiger partial charge in [-0.3, -0.25) is 4.98 Å². The minimum Gasteiger partial charge on any atom is -0.476 e. The quantitative estimate of drug-likeness (QED) is 0.636. The fraction of sp³-hybridized carbons (Fsp3) is 0.455. The molecule has 7 nitrogen and oxygen atoms in total. The lowest BCUT2D eigenvalue weighted by Gasteiger charge is -2.26. The van der Waals surface area contributed by atoms with Gasteiger partial charge in [0.05, 0.1) is 11.6 Å². The maximum atomic E-state index is 11.8. The van der Waals surface area contributed by atoms with Gasteiger partial charge in [-0.05, 0) is 36.3 Å². The topological polar surface area (TPSA) is 98.0 Å². The second-order valence-corrected chi connectivity index (χ2v) is 8.15. The molecule has 1 aliphatic heterocycles. The average molecular weight is 393 g/mol. The van der Waals surface area contributed by atoms with E-state index in [2.05, 4.69) is 50.2 Å². The Hall–Kier alpha value is -2.80. The zero-order valence-corrected chi connectivity index (χ0v) is 16.5. The van der Waals surface area contributed by atoms with E-state index >= 15 is 0 Å². The summed E-state index contributed by atoms with van der Waals surface area (Å²) >= 11 is 0. The minimum atomic E-state index is -0.482. The fourth-order valence-corrected chi connectivity index (χ4v) is 4.88. The van der Waals surface area contributed by atoms with Crippen LogP contribution in [0.2, 0.25) is 0 Å². The van der Waals surface area contributed by atoms with Crippen molar-refractivity contribution in [3.8, 4) is 5.88 Å². The van der Waals surface area contributed by atoms with Gasteiger partial charge in [-0.25, -0.2) is 4.79 Å². The van der Waals surface area contributed by atoms with Crippen LogP contribution in [0.1, 0.15) is 49.4 Å². The number of nitrogens with two attached hydrogens (primary N) is 1. The lowest BCUT2D eigenvalue weighted by molar-refractivity contribution is 0.310. The van der Waals surface area contributed by atoms with Crippen LogP contribution in [-0.2, 0) is 6.54 Å². The van der Waals surface area contributed by atoms with Crippen LogP contribution in [0.3, 0.4) is 0 Å². The SMILES string of the molecule is Nc1[nH]c(=O)nc2c1C(c1cc3ccccc3n1CC1CCCCC1)NCCO2. The highest BCUT2D eigenvalue weighted by Gasteiger charge is 2.29. The second kappa shape index (κ2) is 7.55. The number of hydrogen-bond acceptors (Lipinski definition) is 5. The Balaban J connectivity index is 1.65. The first kappa shape index (κ1) is 18.2. The zero-order chi connectivity index (χ0) is 19.8. The molecule has 1 saturated carbocycles. The first-order valence-electron chi connectivity index (χ1n) is 10.5. The Morgan fingerprint density at radius 2 is 2.03 bits per heavy atom. The third kappa shape index (κ3) is 3.40. The van der Waals surface area contributed by atoms with E-state index in [4.69, 9.17) is 10.5 Å². The van der Waals surface area contributed by atoms with Crippen molar-refractivity contribution in [1.82, 2.24) is 19.9 Å². The van der Waals surface area contributed by atoms with Crippen LogP contribution in [-0.4, -0.2) is 27.7 Å². The molecule has 1 unspecified atom stereocenters. The van der Waals surface area contributed by atoms with E-state index < -0.39 is 5.69 Å². The number of benzene rings is 1. The van der Waals surface area contributed by atoms with Crippen molar-refractivity contribution in [2.75, 3.05) is 18.9 Å². The summed E-state index contributed by atoms with van der Waals surface area (Å²) in [4.78, 5) is 18.5. The van der Waals surface area contributed by atoms with E-state index in [-0.39, 0.29) is 6.04 Å². The van der Waals surface area contributed by atoms with Gasteiger partial charge in [-0.15, -0.1) is 0 Å². The smallest absolute Gasteiger partial charge is 0.349 e. The van der Waals surface area contributed by atoms with Crippen molar-refractivity contribution >= 4 is 16.7 Å². The molecule has 2 aromatic heterocycles. The summed E-state index contributed by atoms with van der Waals surface area (Å²) in [5, 5.41) is 4.78. The molecule has 0 bridgehead atoms. The third-order valence-corrected chi connectivity index (χ3v) is 6.25. The first-order chi connectivity index (χ1) is 14.2. The molecule has 29 heavy (non-hydrogen) atoms. The van der Waals surface area contributed by atoms with Crippen molar-refractivity contribution in [3.63, 3.8) is 0 Å². The van der Waals surface area contributed by atoms with Crippen LogP contribution in [0.5, 0.6) is 5.88 Å². The van der Waals surface area contributed by atoms with Crippen LogP contribution in [0.4, 0.5) is 5.82 Å². The normalized spacial score (nSPS) is 20.2. The van der Waals surface area contributed by atoms with Gasteiger partial charge in [0.2, 0.25) is 5.88 Å². The maximum absolute atomic E-state index is 11.8. The molecule has 3 heterocycles. The standard InChI is InChI=1S/C22H27N5O2/c23-20-18-19(24-10-11-29-21(18)26-22(28)25-20)17-12-15-8-4-5-9-16(15)27(17)13-14-6-2-1-3-7-14/h4-5,8-9,12,14,19,24H,1-3,6-7,10-11,13H2,(H3,23,25,26,28). The molecule has 1 fully saturated rings. The van der Waals surface area contributed by atoms with Crippen molar-refractivity contribution in [2.24, 2.45) is 5.92 Å². The van der Waals surface area contributed by atoms with Crippen LogP contribution in [0.25, 0.3) is 10.9 Å². The minimum absolute atomic E-state index is 0.187. The Kier molecular flexibility index (Phi) is 4.75. The summed E-state index contributed by atoms with van der Waals surface area (Å²) in [7, 11) is 0. The van der Waals surface area contributed by atoms with Crippen molar-refractivity contribution in [2.45, 2.75) is 44.7 Å². The summed E-state index contributed by atoms with van der Waals surface area (Å²) in [6, 6.07) is 10.5. The molecule has 7 heteroatoms. The molecule has 1 aromatic carbocycles. The molecule has 0 saturated heterocycles. The molecule has 3 aromatic rings. The van der Waals surface area contributed by atoms with Crippen molar-refractivity contribution < 1.29 is 4.74 Å². The van der Waals surface area contributed by atoms with E-state index in [1.807, 2.05) is 0 Å². The summed E-state index contributed by atoms with van der Waals surface area (Å²) in [6.07, 6.45) is 6.53. The lowest BCUT2D eigenvalue weighted by Crippen LogP contribution is -2.28. The summed E-state index contributed by atoms with van der Waals surface area (Å²) in [5.41, 5.74) is 8.86. The number of nitrogens with one attached hydrogen (secondary N) is 2. The number of rotatable bonds is 3. The molecule has 0 spiro atoms. The van der Waals surface area contributed by atoms with Gasteiger partial charge in [0.25, 0.3) is 0 Å². The van der Waals surface area contributed by atoms with Gasteiger partial charge in [-0.2, -0.15) is 4.98 Å². The van der Waals surface area contributed by atoms with Crippen LogP contribution >= 0.6 is 0 Å². The molecule has 1 aliphatic carbocycles. The van der Waals surface area contributed by atoms with Gasteiger partial charge >= 0.3 is 5.69 Å².